The highest BCUT2D eigenvalue weighted by atomic mass is 32.1. The molecule has 0 fully saturated rings. The van der Waals surface area contributed by atoms with E-state index in [1.54, 1.807) is 0 Å². The summed E-state index contributed by atoms with van der Waals surface area (Å²) in [5, 5.41) is 2.14. The molecule has 1 rings (SSSR count). The standard InChI is InChI=1S/C10H17NS/c1-9(11)5-2-3-6-10-7-4-8-12-10/h4,7-9H,2-3,5-6,11H2,1H3. The van der Waals surface area contributed by atoms with Gasteiger partial charge in [-0.1, -0.05) is 12.5 Å². The van der Waals surface area contributed by atoms with E-state index in [1.165, 1.54) is 24.1 Å². The molecular formula is C10H17NS. The summed E-state index contributed by atoms with van der Waals surface area (Å²) in [7, 11) is 0. The molecule has 1 unspecified atom stereocenters. The van der Waals surface area contributed by atoms with Gasteiger partial charge in [0.15, 0.2) is 0 Å². The van der Waals surface area contributed by atoms with Crippen molar-refractivity contribution in [1.29, 1.82) is 0 Å². The van der Waals surface area contributed by atoms with Crippen LogP contribution in [-0.4, -0.2) is 6.04 Å². The van der Waals surface area contributed by atoms with Crippen LogP contribution in [0.2, 0.25) is 0 Å². The third kappa shape index (κ3) is 3.88. The van der Waals surface area contributed by atoms with Crippen molar-refractivity contribution >= 4 is 11.3 Å². The molecule has 12 heavy (non-hydrogen) atoms. The maximum absolute atomic E-state index is 5.65. The molecule has 68 valence electrons. The lowest BCUT2D eigenvalue weighted by atomic mass is 10.1. The Labute approximate surface area is 78.6 Å². The highest BCUT2D eigenvalue weighted by molar-refractivity contribution is 7.09. The molecule has 0 amide bonds. The molecule has 0 saturated heterocycles. The number of unbranched alkanes of at least 4 members (excludes halogenated alkanes) is 1. The molecule has 1 atom stereocenters. The summed E-state index contributed by atoms with van der Waals surface area (Å²) in [5.41, 5.74) is 5.65. The summed E-state index contributed by atoms with van der Waals surface area (Å²) in [6.45, 7) is 2.07. The van der Waals surface area contributed by atoms with E-state index in [2.05, 4.69) is 24.4 Å². The van der Waals surface area contributed by atoms with Crippen molar-refractivity contribution in [3.63, 3.8) is 0 Å². The minimum atomic E-state index is 0.369. The van der Waals surface area contributed by atoms with E-state index in [4.69, 9.17) is 5.73 Å². The molecular weight excluding hydrogens is 166 g/mol. The minimum Gasteiger partial charge on any atom is -0.328 e. The molecule has 2 heteroatoms. The van der Waals surface area contributed by atoms with Gasteiger partial charge in [0.25, 0.3) is 0 Å². The van der Waals surface area contributed by atoms with Crippen molar-refractivity contribution < 1.29 is 0 Å². The fourth-order valence-corrected chi connectivity index (χ4v) is 1.97. The van der Waals surface area contributed by atoms with Crippen molar-refractivity contribution in [2.75, 3.05) is 0 Å². The second-order valence-electron chi connectivity index (χ2n) is 3.30. The molecule has 1 nitrogen and oxygen atoms in total. The molecule has 0 aromatic carbocycles. The van der Waals surface area contributed by atoms with Crippen LogP contribution in [-0.2, 0) is 6.42 Å². The van der Waals surface area contributed by atoms with E-state index in [0.717, 1.165) is 6.42 Å². The van der Waals surface area contributed by atoms with Crippen LogP contribution in [0, 0.1) is 0 Å². The number of hydrogen-bond donors (Lipinski definition) is 1. The predicted octanol–water partition coefficient (Wildman–Crippen LogP) is 2.81. The Morgan fingerprint density at radius 2 is 2.33 bits per heavy atom. The normalized spacial score (nSPS) is 13.2. The Kier molecular flexibility index (Phi) is 4.33. The predicted molar refractivity (Wildman–Crippen MR) is 55.5 cm³/mol. The lowest BCUT2D eigenvalue weighted by Gasteiger charge is -2.02. The first kappa shape index (κ1) is 9.75. The van der Waals surface area contributed by atoms with Crippen LogP contribution < -0.4 is 5.73 Å². The smallest absolute Gasteiger partial charge is 0.00452 e. The molecule has 1 heterocycles. The summed E-state index contributed by atoms with van der Waals surface area (Å²) >= 11 is 1.85. The van der Waals surface area contributed by atoms with Gasteiger partial charge in [-0.25, -0.2) is 0 Å². The van der Waals surface area contributed by atoms with Crippen molar-refractivity contribution in [3.8, 4) is 0 Å². The zero-order valence-corrected chi connectivity index (χ0v) is 8.44. The van der Waals surface area contributed by atoms with Crippen LogP contribution in [0.15, 0.2) is 17.5 Å². The average Bonchev–Trinajstić information content (AvgIpc) is 2.49. The monoisotopic (exact) mass is 183 g/mol. The Bertz CT molecular complexity index is 192. The van der Waals surface area contributed by atoms with Crippen LogP contribution in [0.3, 0.4) is 0 Å². The molecule has 0 aliphatic rings. The molecule has 0 aliphatic heterocycles. The fourth-order valence-electron chi connectivity index (χ4n) is 1.22. The van der Waals surface area contributed by atoms with Gasteiger partial charge >= 0.3 is 0 Å². The van der Waals surface area contributed by atoms with Crippen molar-refractivity contribution in [1.82, 2.24) is 0 Å². The van der Waals surface area contributed by atoms with Crippen LogP contribution in [0.1, 0.15) is 31.1 Å². The lowest BCUT2D eigenvalue weighted by Crippen LogP contribution is -2.13. The van der Waals surface area contributed by atoms with E-state index in [-0.39, 0.29) is 0 Å². The van der Waals surface area contributed by atoms with E-state index in [1.807, 2.05) is 11.3 Å². The first-order valence-electron chi connectivity index (χ1n) is 4.57. The maximum Gasteiger partial charge on any atom is 0.00452 e. The summed E-state index contributed by atoms with van der Waals surface area (Å²) < 4.78 is 0. The van der Waals surface area contributed by atoms with Gasteiger partial charge in [0.05, 0.1) is 0 Å². The quantitative estimate of drug-likeness (QED) is 0.698. The first-order chi connectivity index (χ1) is 5.79. The van der Waals surface area contributed by atoms with E-state index in [9.17, 15) is 0 Å². The maximum atomic E-state index is 5.65. The first-order valence-corrected chi connectivity index (χ1v) is 5.45. The molecule has 2 N–H and O–H groups in total. The minimum absolute atomic E-state index is 0.369. The van der Waals surface area contributed by atoms with Gasteiger partial charge in [-0.2, -0.15) is 0 Å². The molecule has 1 aromatic rings. The second kappa shape index (κ2) is 5.33. The van der Waals surface area contributed by atoms with E-state index < -0.39 is 0 Å². The van der Waals surface area contributed by atoms with Gasteiger partial charge < -0.3 is 5.73 Å². The zero-order chi connectivity index (χ0) is 8.81. The summed E-state index contributed by atoms with van der Waals surface area (Å²) in [6, 6.07) is 4.69. The van der Waals surface area contributed by atoms with Crippen LogP contribution in [0.4, 0.5) is 0 Å². The molecule has 0 aliphatic carbocycles. The highest BCUT2D eigenvalue weighted by Crippen LogP contribution is 2.12. The summed E-state index contributed by atoms with van der Waals surface area (Å²) in [4.78, 5) is 1.50. The molecule has 0 radical (unpaired) electrons. The molecule has 0 saturated carbocycles. The highest BCUT2D eigenvalue weighted by Gasteiger charge is 1.96. The molecule has 0 bridgehead atoms. The Balaban J connectivity index is 2.04. The SMILES string of the molecule is CC(N)CCCCc1cccs1. The number of hydrogen-bond acceptors (Lipinski definition) is 2. The van der Waals surface area contributed by atoms with Crippen LogP contribution in [0.5, 0.6) is 0 Å². The van der Waals surface area contributed by atoms with Crippen LogP contribution >= 0.6 is 11.3 Å². The second-order valence-corrected chi connectivity index (χ2v) is 4.33. The van der Waals surface area contributed by atoms with E-state index in [0.29, 0.717) is 6.04 Å². The van der Waals surface area contributed by atoms with E-state index >= 15 is 0 Å². The van der Waals surface area contributed by atoms with Gasteiger partial charge in [-0.05, 0) is 37.6 Å². The van der Waals surface area contributed by atoms with Crippen molar-refractivity contribution in [3.05, 3.63) is 22.4 Å². The largest absolute Gasteiger partial charge is 0.328 e. The van der Waals surface area contributed by atoms with Gasteiger partial charge in [0, 0.05) is 10.9 Å². The Morgan fingerprint density at radius 1 is 1.50 bits per heavy atom. The molecule has 1 aromatic heterocycles. The summed E-state index contributed by atoms with van der Waals surface area (Å²) in [5.74, 6) is 0. The Hall–Kier alpha value is -0.340. The fraction of sp³-hybridized carbons (Fsp3) is 0.600. The zero-order valence-electron chi connectivity index (χ0n) is 7.62. The molecule has 0 spiro atoms. The van der Waals surface area contributed by atoms with Crippen molar-refractivity contribution in [2.45, 2.75) is 38.6 Å². The number of aryl methyl sites for hydroxylation is 1. The van der Waals surface area contributed by atoms with Crippen LogP contribution in [0.25, 0.3) is 0 Å². The van der Waals surface area contributed by atoms with Gasteiger partial charge in [0.1, 0.15) is 0 Å². The average molecular weight is 183 g/mol. The summed E-state index contributed by atoms with van der Waals surface area (Å²) in [6.07, 6.45) is 4.92. The lowest BCUT2D eigenvalue weighted by molar-refractivity contribution is 0.599. The van der Waals surface area contributed by atoms with Gasteiger partial charge in [-0.15, -0.1) is 11.3 Å². The van der Waals surface area contributed by atoms with Gasteiger partial charge in [-0.3, -0.25) is 0 Å². The number of thiophene rings is 1. The number of nitrogens with two attached hydrogens (primary N) is 1. The van der Waals surface area contributed by atoms with Gasteiger partial charge in [0.2, 0.25) is 0 Å². The topological polar surface area (TPSA) is 26.0 Å². The van der Waals surface area contributed by atoms with Crippen molar-refractivity contribution in [2.24, 2.45) is 5.73 Å². The Morgan fingerprint density at radius 3 is 2.92 bits per heavy atom. The third-order valence-corrected chi connectivity index (χ3v) is 2.85. The third-order valence-electron chi connectivity index (χ3n) is 1.91. The number of rotatable bonds is 5.